The first-order valence-electron chi connectivity index (χ1n) is 28.2. The summed E-state index contributed by atoms with van der Waals surface area (Å²) in [4.78, 5) is 205. The molecule has 1 fully saturated rings. The van der Waals surface area contributed by atoms with Crippen LogP contribution in [0, 0.1) is 23.7 Å². The Morgan fingerprint density at radius 1 is 0.576 bits per heavy atom. The van der Waals surface area contributed by atoms with E-state index in [1.807, 2.05) is 13.8 Å². The molecule has 1 saturated heterocycles. The van der Waals surface area contributed by atoms with Crippen LogP contribution in [0.5, 0.6) is 0 Å². The zero-order chi connectivity index (χ0) is 64.5. The van der Waals surface area contributed by atoms with Crippen LogP contribution in [0.4, 0.5) is 0 Å². The smallest absolute Gasteiger partial charge is 0.303 e. The van der Waals surface area contributed by atoms with Gasteiger partial charge in [0.1, 0.15) is 24.5 Å². The number of thioether (sulfide) groups is 1. The minimum absolute atomic E-state index is 0.0756. The van der Waals surface area contributed by atoms with Crippen molar-refractivity contribution < 1.29 is 107 Å². The maximum atomic E-state index is 13.9. The molecule has 0 spiro atoms. The molecule has 0 saturated carbocycles. The summed E-state index contributed by atoms with van der Waals surface area (Å²) in [5, 5.41) is 59.2. The average molecular weight is 1230 g/mol. The Hall–Kier alpha value is -7.21. The SMILES string of the molecule is CCC(=O)[C@H](C)NC(=O)[C@H](CSC)CC(=O)CNC(=O)[C@H](CC(C)C)NC(=O)[C@@H]1CCCN1C(=O)COCCCC(=O)[C@@H](CCC(=O)O)NC(=O)[C@@H](CCC(=O)O)CC(=O)[C@@H](CCC(=O)O)NC(=O)[C@@H](CCC(=O)O)CC(=O)[C@H](N)CCC(=O)O. The molecule has 0 bridgehead atoms. The molecule has 1 aliphatic heterocycles. The summed E-state index contributed by atoms with van der Waals surface area (Å²) in [6.07, 6.45) is -4.97. The molecule has 30 heteroatoms. The van der Waals surface area contributed by atoms with E-state index in [-0.39, 0.29) is 75.6 Å². The molecule has 1 aliphatic rings. The predicted molar refractivity (Wildman–Crippen MR) is 301 cm³/mol. The Morgan fingerprint density at radius 2 is 1.07 bits per heavy atom. The van der Waals surface area contributed by atoms with Crippen molar-refractivity contribution in [1.82, 2.24) is 31.5 Å². The fourth-order valence-electron chi connectivity index (χ4n) is 9.08. The van der Waals surface area contributed by atoms with Crippen LogP contribution in [0.15, 0.2) is 0 Å². The van der Waals surface area contributed by atoms with E-state index in [9.17, 15) is 97.1 Å². The summed E-state index contributed by atoms with van der Waals surface area (Å²) in [7, 11) is 0. The van der Waals surface area contributed by atoms with Gasteiger partial charge in [0.2, 0.25) is 35.4 Å². The zero-order valence-corrected chi connectivity index (χ0v) is 49.7. The third-order valence-corrected chi connectivity index (χ3v) is 14.6. The van der Waals surface area contributed by atoms with Crippen molar-refractivity contribution >= 4 is 106 Å². The average Bonchev–Trinajstić information content (AvgIpc) is 3.62. The van der Waals surface area contributed by atoms with Crippen molar-refractivity contribution in [1.29, 1.82) is 0 Å². The minimum atomic E-state index is -1.70. The van der Waals surface area contributed by atoms with Crippen LogP contribution in [0.2, 0.25) is 0 Å². The largest absolute Gasteiger partial charge is 0.481 e. The van der Waals surface area contributed by atoms with Gasteiger partial charge in [-0.3, -0.25) is 76.7 Å². The third-order valence-electron chi connectivity index (χ3n) is 13.9. The van der Waals surface area contributed by atoms with Crippen molar-refractivity contribution in [3.05, 3.63) is 0 Å². The number of ether oxygens (including phenoxy) is 1. The monoisotopic (exact) mass is 1230 g/mol. The van der Waals surface area contributed by atoms with E-state index in [1.54, 1.807) is 20.1 Å². The molecule has 0 unspecified atom stereocenters. The number of nitrogens with zero attached hydrogens (tertiary/aromatic N) is 1. The fraction of sp³-hybridized carbons (Fsp3) is 0.709. The van der Waals surface area contributed by atoms with Crippen LogP contribution in [-0.2, 0) is 81.4 Å². The standard InChI is InChI=1S/C55H85N7O22S/c1-6-41(64)31(4)58-53(81)34(29-85-5)24-35(63)27-57-54(82)39(23-30(2)3)61-55(83)40-9-7-21-62(40)45(68)28-84-22-8-10-42(65)37(14-19-49(75)76)59-52(80)33(12-17-47(71)72)26-44(67)38(15-20-50(77)78)60-51(79)32(11-16-46(69)70)25-43(66)36(56)13-18-48(73)74/h30-34,36-40H,6-29,56H2,1-5H3,(H,57,82)(H,58,81)(H,59,80)(H,60,79)(H,61,83)(H,69,70)(H,71,72)(H,73,74)(H,75,76)(H,77,78)/t31-,32-,33-,34-,36+,37+,38+,39-,40-/m0/s1. The van der Waals surface area contributed by atoms with Gasteiger partial charge >= 0.3 is 29.8 Å². The van der Waals surface area contributed by atoms with Gasteiger partial charge in [-0.25, -0.2) is 0 Å². The van der Waals surface area contributed by atoms with Gasteiger partial charge in [-0.05, 0) is 76.9 Å². The highest BCUT2D eigenvalue weighted by atomic mass is 32.2. The van der Waals surface area contributed by atoms with Gasteiger partial charge in [-0.1, -0.05) is 20.8 Å². The van der Waals surface area contributed by atoms with Crippen molar-refractivity contribution in [2.45, 2.75) is 186 Å². The molecule has 12 N–H and O–H groups in total. The Bertz CT molecular complexity index is 2390. The molecule has 9 atom stereocenters. The van der Waals surface area contributed by atoms with E-state index in [0.717, 1.165) is 0 Å². The molecule has 0 aromatic carbocycles. The molecule has 0 radical (unpaired) electrons. The van der Waals surface area contributed by atoms with Gasteiger partial charge in [-0.2, -0.15) is 11.8 Å². The fourth-order valence-corrected chi connectivity index (χ4v) is 9.76. The molecule has 0 aromatic rings. The first-order valence-corrected chi connectivity index (χ1v) is 29.6. The molecule has 1 rings (SSSR count). The number of likely N-dealkylation sites (tertiary alicyclic amines) is 1. The zero-order valence-electron chi connectivity index (χ0n) is 48.9. The Balaban J connectivity index is 3.09. The maximum absolute atomic E-state index is 13.9. The number of carboxylic acids is 5. The summed E-state index contributed by atoms with van der Waals surface area (Å²) in [6.45, 7) is 5.81. The van der Waals surface area contributed by atoms with Crippen LogP contribution in [0.3, 0.4) is 0 Å². The van der Waals surface area contributed by atoms with Crippen LogP contribution in [0.25, 0.3) is 0 Å². The second-order valence-electron chi connectivity index (χ2n) is 21.3. The number of Topliss-reactive ketones (excluding diaryl/α,β-unsaturated/α-hetero) is 5. The number of carbonyl (C=O) groups excluding carboxylic acids is 11. The van der Waals surface area contributed by atoms with Crippen molar-refractivity contribution in [3.8, 4) is 0 Å². The lowest BCUT2D eigenvalue weighted by Crippen LogP contribution is -2.54. The minimum Gasteiger partial charge on any atom is -0.481 e. The normalized spacial score (nSPS) is 15.8. The van der Waals surface area contributed by atoms with E-state index in [0.29, 0.717) is 6.42 Å². The topological polar surface area (TPSA) is 473 Å². The summed E-state index contributed by atoms with van der Waals surface area (Å²) >= 11 is 1.33. The van der Waals surface area contributed by atoms with Gasteiger partial charge in [-0.15, -0.1) is 0 Å². The number of nitrogens with one attached hydrogen (secondary N) is 5. The molecular weight excluding hydrogens is 1140 g/mol. The van der Waals surface area contributed by atoms with Gasteiger partial charge in [0.25, 0.3) is 0 Å². The van der Waals surface area contributed by atoms with Gasteiger partial charge < -0.3 is 67.5 Å². The number of aliphatic carboxylic acids is 5. The Labute approximate surface area is 496 Å². The Morgan fingerprint density at radius 3 is 1.58 bits per heavy atom. The lowest BCUT2D eigenvalue weighted by Gasteiger charge is -2.27. The quantitative estimate of drug-likeness (QED) is 0.0362. The van der Waals surface area contributed by atoms with E-state index in [2.05, 4.69) is 26.6 Å². The summed E-state index contributed by atoms with van der Waals surface area (Å²) in [5.74, 6) is -18.1. The number of nitrogens with two attached hydrogens (primary N) is 1. The van der Waals surface area contributed by atoms with Crippen molar-refractivity contribution in [3.63, 3.8) is 0 Å². The molecule has 0 aromatic heterocycles. The lowest BCUT2D eigenvalue weighted by molar-refractivity contribution is -0.143. The highest BCUT2D eigenvalue weighted by Crippen LogP contribution is 2.22. The number of rotatable bonds is 47. The molecule has 29 nitrogen and oxygen atoms in total. The number of ketones is 5. The molecule has 478 valence electrons. The summed E-state index contributed by atoms with van der Waals surface area (Å²) in [5.41, 5.74) is 5.80. The third kappa shape index (κ3) is 31.0. The van der Waals surface area contributed by atoms with Crippen LogP contribution in [-0.4, -0.2) is 199 Å². The molecular formula is C55H85N7O22S. The molecule has 85 heavy (non-hydrogen) atoms. The molecule has 0 aliphatic carbocycles. The Kier molecular flexibility index (Phi) is 35.8. The van der Waals surface area contributed by atoms with Crippen LogP contribution >= 0.6 is 11.8 Å². The molecule has 1 heterocycles. The molecule has 6 amide bonds. The van der Waals surface area contributed by atoms with E-state index in [1.165, 1.54) is 16.7 Å². The van der Waals surface area contributed by atoms with Gasteiger partial charge in [0.05, 0.1) is 36.6 Å². The lowest BCUT2D eigenvalue weighted by atomic mass is 9.89. The van der Waals surface area contributed by atoms with Gasteiger partial charge in [0, 0.05) is 94.9 Å². The number of hydrogen-bond acceptors (Lipinski definition) is 19. The first-order chi connectivity index (χ1) is 39.9. The van der Waals surface area contributed by atoms with Crippen molar-refractivity contribution in [2.24, 2.45) is 29.4 Å². The highest BCUT2D eigenvalue weighted by molar-refractivity contribution is 7.98. The van der Waals surface area contributed by atoms with Crippen LogP contribution < -0.4 is 32.3 Å². The van der Waals surface area contributed by atoms with E-state index in [4.69, 9.17) is 15.6 Å². The number of amides is 6. The van der Waals surface area contributed by atoms with E-state index >= 15 is 0 Å². The highest BCUT2D eigenvalue weighted by Gasteiger charge is 2.37. The number of carbonyl (C=O) groups is 16. The van der Waals surface area contributed by atoms with Crippen LogP contribution in [0.1, 0.15) is 150 Å². The predicted octanol–water partition coefficient (Wildman–Crippen LogP) is 0.184. The van der Waals surface area contributed by atoms with Gasteiger partial charge in [0.15, 0.2) is 23.1 Å². The summed E-state index contributed by atoms with van der Waals surface area (Å²) < 4.78 is 5.55. The first kappa shape index (κ1) is 75.8. The summed E-state index contributed by atoms with van der Waals surface area (Å²) in [6, 6.07) is -7.40. The number of hydrogen-bond donors (Lipinski definition) is 11. The van der Waals surface area contributed by atoms with E-state index < -0.39 is 226 Å². The maximum Gasteiger partial charge on any atom is 0.303 e. The second-order valence-corrected chi connectivity index (χ2v) is 22.3. The second kappa shape index (κ2) is 40.2. The number of carboxylic acid groups (broad SMARTS) is 5. The van der Waals surface area contributed by atoms with Crippen molar-refractivity contribution in [2.75, 3.05) is 38.3 Å².